The van der Waals surface area contributed by atoms with Gasteiger partial charge in [-0.2, -0.15) is 0 Å². The van der Waals surface area contributed by atoms with E-state index in [1.165, 1.54) is 0 Å². The van der Waals surface area contributed by atoms with Gasteiger partial charge < -0.3 is 15.4 Å². The SMILES string of the molecule is CC(C)n1cc(C(CN)C(=O)O)cc1Cl. The highest BCUT2D eigenvalue weighted by molar-refractivity contribution is 6.29. The number of aromatic nitrogens is 1. The van der Waals surface area contributed by atoms with Crippen LogP contribution in [0.1, 0.15) is 31.4 Å². The molecule has 5 heteroatoms. The molecule has 1 unspecified atom stereocenters. The number of hydrogen-bond donors (Lipinski definition) is 2. The van der Waals surface area contributed by atoms with Gasteiger partial charge in [-0.25, -0.2) is 0 Å². The minimum absolute atomic E-state index is 0.0772. The minimum Gasteiger partial charge on any atom is -0.481 e. The number of nitrogens with two attached hydrogens (primary N) is 1. The van der Waals surface area contributed by atoms with Gasteiger partial charge in [-0.15, -0.1) is 0 Å². The smallest absolute Gasteiger partial charge is 0.312 e. The molecule has 0 radical (unpaired) electrons. The number of carboxylic acid groups (broad SMARTS) is 1. The topological polar surface area (TPSA) is 68.2 Å². The maximum atomic E-state index is 10.9. The summed E-state index contributed by atoms with van der Waals surface area (Å²) in [6.07, 6.45) is 1.75. The molecule has 1 aromatic heterocycles. The van der Waals surface area contributed by atoms with Crippen LogP contribution in [0.2, 0.25) is 5.15 Å². The van der Waals surface area contributed by atoms with E-state index in [4.69, 9.17) is 22.4 Å². The molecule has 1 atom stereocenters. The zero-order chi connectivity index (χ0) is 11.6. The third-order valence-electron chi connectivity index (χ3n) is 2.31. The molecule has 1 heterocycles. The molecule has 0 aliphatic rings. The van der Waals surface area contributed by atoms with Gasteiger partial charge in [0, 0.05) is 18.8 Å². The van der Waals surface area contributed by atoms with Gasteiger partial charge >= 0.3 is 5.97 Å². The number of carbonyl (C=O) groups is 1. The predicted molar refractivity (Wildman–Crippen MR) is 59.3 cm³/mol. The lowest BCUT2D eigenvalue weighted by atomic mass is 10.0. The molecule has 0 aliphatic carbocycles. The molecule has 0 saturated heterocycles. The highest BCUT2D eigenvalue weighted by atomic mass is 35.5. The minimum atomic E-state index is -0.921. The third-order valence-corrected chi connectivity index (χ3v) is 2.62. The van der Waals surface area contributed by atoms with E-state index in [1.54, 1.807) is 12.3 Å². The predicted octanol–water partition coefficient (Wildman–Crippen LogP) is 1.85. The van der Waals surface area contributed by atoms with E-state index in [9.17, 15) is 4.79 Å². The molecule has 0 aromatic carbocycles. The van der Waals surface area contributed by atoms with Crippen molar-refractivity contribution in [1.29, 1.82) is 0 Å². The highest BCUT2D eigenvalue weighted by Gasteiger charge is 2.20. The second-order valence-electron chi connectivity index (χ2n) is 3.72. The van der Waals surface area contributed by atoms with E-state index < -0.39 is 11.9 Å². The van der Waals surface area contributed by atoms with Crippen LogP contribution in [0.4, 0.5) is 0 Å². The van der Waals surface area contributed by atoms with Crippen molar-refractivity contribution in [1.82, 2.24) is 4.57 Å². The summed E-state index contributed by atoms with van der Waals surface area (Å²) in [5.74, 6) is -1.60. The molecule has 0 bridgehead atoms. The highest BCUT2D eigenvalue weighted by Crippen LogP contribution is 2.24. The van der Waals surface area contributed by atoms with Crippen molar-refractivity contribution in [2.24, 2.45) is 5.73 Å². The molecular weight excluding hydrogens is 216 g/mol. The number of rotatable bonds is 4. The molecule has 0 saturated carbocycles. The van der Waals surface area contributed by atoms with Crippen molar-refractivity contribution in [2.75, 3.05) is 6.54 Å². The van der Waals surface area contributed by atoms with Gasteiger partial charge in [0.2, 0.25) is 0 Å². The van der Waals surface area contributed by atoms with Crippen molar-refractivity contribution < 1.29 is 9.90 Å². The van der Waals surface area contributed by atoms with Crippen LogP contribution in [0.15, 0.2) is 12.3 Å². The quantitative estimate of drug-likeness (QED) is 0.830. The Morgan fingerprint density at radius 2 is 2.27 bits per heavy atom. The van der Waals surface area contributed by atoms with Crippen LogP contribution in [0.5, 0.6) is 0 Å². The van der Waals surface area contributed by atoms with Crippen LogP contribution in [0.3, 0.4) is 0 Å². The third kappa shape index (κ3) is 2.52. The molecule has 3 N–H and O–H groups in total. The fourth-order valence-electron chi connectivity index (χ4n) is 1.44. The fraction of sp³-hybridized carbons (Fsp3) is 0.500. The molecule has 0 spiro atoms. The van der Waals surface area contributed by atoms with Crippen molar-refractivity contribution >= 4 is 17.6 Å². The van der Waals surface area contributed by atoms with Crippen molar-refractivity contribution in [3.05, 3.63) is 23.0 Å². The van der Waals surface area contributed by atoms with Crippen molar-refractivity contribution in [3.8, 4) is 0 Å². The lowest BCUT2D eigenvalue weighted by Gasteiger charge is -2.09. The molecular formula is C10H15ClN2O2. The van der Waals surface area contributed by atoms with Crippen molar-refractivity contribution in [2.45, 2.75) is 25.8 Å². The molecule has 0 amide bonds. The first kappa shape index (κ1) is 12.1. The normalized spacial score (nSPS) is 13.1. The van der Waals surface area contributed by atoms with Crippen molar-refractivity contribution in [3.63, 3.8) is 0 Å². The molecule has 4 nitrogen and oxygen atoms in total. The zero-order valence-electron chi connectivity index (χ0n) is 8.77. The largest absolute Gasteiger partial charge is 0.481 e. The average Bonchev–Trinajstić information content (AvgIpc) is 2.48. The first-order valence-corrected chi connectivity index (χ1v) is 5.15. The van der Waals surface area contributed by atoms with Crippen LogP contribution in [-0.2, 0) is 4.79 Å². The Labute approximate surface area is 93.6 Å². The van der Waals surface area contributed by atoms with Crippen LogP contribution >= 0.6 is 11.6 Å². The summed E-state index contributed by atoms with van der Waals surface area (Å²) in [4.78, 5) is 10.9. The Balaban J connectivity index is 3.05. The van der Waals surface area contributed by atoms with Crippen LogP contribution in [-0.4, -0.2) is 22.2 Å². The summed E-state index contributed by atoms with van der Waals surface area (Å²) in [6, 6.07) is 1.87. The van der Waals surface area contributed by atoms with E-state index in [1.807, 2.05) is 18.4 Å². The Morgan fingerprint density at radius 1 is 1.67 bits per heavy atom. The maximum Gasteiger partial charge on any atom is 0.312 e. The molecule has 84 valence electrons. The summed E-state index contributed by atoms with van der Waals surface area (Å²) in [5.41, 5.74) is 6.06. The Morgan fingerprint density at radius 3 is 2.60 bits per heavy atom. The average molecular weight is 231 g/mol. The summed E-state index contributed by atoms with van der Waals surface area (Å²) in [7, 11) is 0. The molecule has 1 rings (SSSR count). The standard InChI is InChI=1S/C10H15ClN2O2/c1-6(2)13-5-7(3-9(13)11)8(4-12)10(14)15/h3,5-6,8H,4,12H2,1-2H3,(H,14,15). The molecule has 0 fully saturated rings. The number of halogens is 1. The number of nitrogens with zero attached hydrogens (tertiary/aromatic N) is 1. The fourth-order valence-corrected chi connectivity index (χ4v) is 1.81. The van der Waals surface area contributed by atoms with Gasteiger partial charge in [-0.3, -0.25) is 4.79 Å². The summed E-state index contributed by atoms with van der Waals surface area (Å²) in [6.45, 7) is 4.04. The lowest BCUT2D eigenvalue weighted by molar-refractivity contribution is -0.138. The molecule has 15 heavy (non-hydrogen) atoms. The van der Waals surface area contributed by atoms with Gasteiger partial charge in [0.1, 0.15) is 5.15 Å². The molecule has 0 aliphatic heterocycles. The summed E-state index contributed by atoms with van der Waals surface area (Å²) < 4.78 is 1.82. The van der Waals surface area contributed by atoms with Gasteiger partial charge in [0.05, 0.1) is 5.92 Å². The summed E-state index contributed by atoms with van der Waals surface area (Å²) >= 11 is 5.97. The van der Waals surface area contributed by atoms with E-state index in [0.29, 0.717) is 10.7 Å². The van der Waals surface area contributed by atoms with Crippen LogP contribution < -0.4 is 5.73 Å². The zero-order valence-corrected chi connectivity index (χ0v) is 9.53. The van der Waals surface area contributed by atoms with Crippen LogP contribution in [0.25, 0.3) is 0 Å². The second-order valence-corrected chi connectivity index (χ2v) is 4.11. The van der Waals surface area contributed by atoms with Gasteiger partial charge in [-0.1, -0.05) is 11.6 Å². The first-order valence-electron chi connectivity index (χ1n) is 4.77. The Hall–Kier alpha value is -1.00. The Kier molecular flexibility index (Phi) is 3.77. The number of hydrogen-bond acceptors (Lipinski definition) is 2. The monoisotopic (exact) mass is 230 g/mol. The van der Waals surface area contributed by atoms with Crippen LogP contribution in [0, 0.1) is 0 Å². The summed E-state index contributed by atoms with van der Waals surface area (Å²) in [5, 5.41) is 9.47. The number of carboxylic acids is 1. The number of aliphatic carboxylic acids is 1. The van der Waals surface area contributed by atoms with E-state index in [0.717, 1.165) is 0 Å². The molecule has 1 aromatic rings. The second kappa shape index (κ2) is 4.68. The van der Waals surface area contributed by atoms with E-state index in [-0.39, 0.29) is 12.6 Å². The van der Waals surface area contributed by atoms with E-state index >= 15 is 0 Å². The Bertz CT molecular complexity index is 360. The van der Waals surface area contributed by atoms with Gasteiger partial charge in [0.15, 0.2) is 0 Å². The van der Waals surface area contributed by atoms with Gasteiger partial charge in [0.25, 0.3) is 0 Å². The maximum absolute atomic E-state index is 10.9. The van der Waals surface area contributed by atoms with E-state index in [2.05, 4.69) is 0 Å². The van der Waals surface area contributed by atoms with Gasteiger partial charge in [-0.05, 0) is 25.5 Å². The first-order chi connectivity index (χ1) is 6.97. The lowest BCUT2D eigenvalue weighted by Crippen LogP contribution is -2.20.